The van der Waals surface area contributed by atoms with E-state index in [1.807, 2.05) is 6.07 Å². The van der Waals surface area contributed by atoms with E-state index in [2.05, 4.69) is 16.5 Å². The molecule has 0 atom stereocenters. The van der Waals surface area contributed by atoms with E-state index in [-0.39, 0.29) is 5.82 Å². The smallest absolute Gasteiger partial charge is 0.151 e. The minimum absolute atomic E-state index is 0.221. The summed E-state index contributed by atoms with van der Waals surface area (Å²) in [5, 5.41) is 0. The topological polar surface area (TPSA) is 43.8 Å². The highest BCUT2D eigenvalue weighted by atomic mass is 19.1. The zero-order valence-electron chi connectivity index (χ0n) is 12.2. The van der Waals surface area contributed by atoms with Crippen LogP contribution >= 0.6 is 0 Å². The van der Waals surface area contributed by atoms with Crippen LogP contribution in [0.25, 0.3) is 11.0 Å². The Morgan fingerprint density at radius 3 is 2.75 bits per heavy atom. The van der Waals surface area contributed by atoms with Gasteiger partial charge < -0.3 is 10.3 Å². The maximum Gasteiger partial charge on any atom is 0.151 e. The molecule has 110 valence electrons. The number of halogens is 1. The fraction of sp³-hybridized carbons (Fsp3) is 0.562. The molecule has 0 radical (unpaired) electrons. The Hall–Kier alpha value is -1.42. The minimum Gasteiger partial charge on any atom is -0.330 e. The molecule has 0 saturated heterocycles. The number of aromatic nitrogens is 2. The van der Waals surface area contributed by atoms with Gasteiger partial charge in [0.15, 0.2) is 5.82 Å². The van der Waals surface area contributed by atoms with Crippen LogP contribution in [-0.4, -0.2) is 16.1 Å². The molecule has 3 nitrogen and oxygen atoms in total. The van der Waals surface area contributed by atoms with Crippen molar-refractivity contribution < 1.29 is 4.39 Å². The highest BCUT2D eigenvalue weighted by molar-refractivity contribution is 5.76. The van der Waals surface area contributed by atoms with Crippen LogP contribution in [0.15, 0.2) is 18.2 Å². The van der Waals surface area contributed by atoms with E-state index in [0.29, 0.717) is 5.52 Å². The van der Waals surface area contributed by atoms with Crippen molar-refractivity contribution in [3.8, 4) is 0 Å². The third-order valence-corrected chi connectivity index (χ3v) is 3.61. The number of rotatable bonds is 8. The van der Waals surface area contributed by atoms with Crippen LogP contribution in [0.3, 0.4) is 0 Å². The molecule has 1 aromatic heterocycles. The molecular weight excluding hydrogens is 253 g/mol. The molecule has 0 aliphatic heterocycles. The lowest BCUT2D eigenvalue weighted by Gasteiger charge is -2.07. The summed E-state index contributed by atoms with van der Waals surface area (Å²) in [6.07, 6.45) is 6.45. The van der Waals surface area contributed by atoms with Crippen molar-refractivity contribution in [1.82, 2.24) is 9.55 Å². The molecule has 0 amide bonds. The van der Waals surface area contributed by atoms with Crippen molar-refractivity contribution in [2.45, 2.75) is 52.0 Å². The van der Waals surface area contributed by atoms with Crippen LogP contribution < -0.4 is 5.73 Å². The van der Waals surface area contributed by atoms with Crippen LogP contribution in [0.4, 0.5) is 4.39 Å². The monoisotopic (exact) mass is 277 g/mol. The van der Waals surface area contributed by atoms with E-state index in [1.165, 1.54) is 12.5 Å². The number of benzene rings is 1. The standard InChI is InChI=1S/C16H24FN3/c1-2-12-20-14-9-7-8-13(17)16(14)19-15(20)10-5-3-4-6-11-18/h7-9H,2-6,10-12,18H2,1H3. The summed E-state index contributed by atoms with van der Waals surface area (Å²) in [5.41, 5.74) is 6.93. The Labute approximate surface area is 120 Å². The van der Waals surface area contributed by atoms with Crippen molar-refractivity contribution in [3.05, 3.63) is 29.8 Å². The molecule has 0 spiro atoms. The molecule has 2 aromatic rings. The molecular formula is C16H24FN3. The Bertz CT molecular complexity index is 548. The molecule has 4 heteroatoms. The molecule has 0 fully saturated rings. The van der Waals surface area contributed by atoms with E-state index >= 15 is 0 Å². The largest absolute Gasteiger partial charge is 0.330 e. The van der Waals surface area contributed by atoms with Crippen LogP contribution in [0.1, 0.15) is 44.9 Å². The van der Waals surface area contributed by atoms with Crippen LogP contribution in [0.5, 0.6) is 0 Å². The Morgan fingerprint density at radius 1 is 1.20 bits per heavy atom. The van der Waals surface area contributed by atoms with E-state index in [9.17, 15) is 4.39 Å². The normalized spacial score (nSPS) is 11.3. The zero-order valence-corrected chi connectivity index (χ0v) is 12.2. The summed E-state index contributed by atoms with van der Waals surface area (Å²) in [6, 6.07) is 5.20. The molecule has 0 unspecified atom stereocenters. The van der Waals surface area contributed by atoms with Gasteiger partial charge in [0.2, 0.25) is 0 Å². The molecule has 2 rings (SSSR count). The van der Waals surface area contributed by atoms with Gasteiger partial charge in [-0.25, -0.2) is 9.37 Å². The number of aryl methyl sites for hydroxylation is 2. The highest BCUT2D eigenvalue weighted by Gasteiger charge is 2.12. The average Bonchev–Trinajstić information content (AvgIpc) is 2.79. The molecule has 0 bridgehead atoms. The van der Waals surface area contributed by atoms with Crippen LogP contribution in [0.2, 0.25) is 0 Å². The van der Waals surface area contributed by atoms with Gasteiger partial charge in [0.05, 0.1) is 5.52 Å². The minimum atomic E-state index is -0.221. The first-order chi connectivity index (χ1) is 9.77. The van der Waals surface area contributed by atoms with Crippen LogP contribution in [0, 0.1) is 5.82 Å². The average molecular weight is 277 g/mol. The fourth-order valence-electron chi connectivity index (χ4n) is 2.61. The lowest BCUT2D eigenvalue weighted by molar-refractivity contribution is 0.600. The molecule has 1 heterocycles. The van der Waals surface area contributed by atoms with Gasteiger partial charge in [-0.15, -0.1) is 0 Å². The van der Waals surface area contributed by atoms with Crippen LogP contribution in [-0.2, 0) is 13.0 Å². The maximum atomic E-state index is 13.8. The Morgan fingerprint density at radius 2 is 2.00 bits per heavy atom. The summed E-state index contributed by atoms with van der Waals surface area (Å²) >= 11 is 0. The van der Waals surface area contributed by atoms with E-state index in [0.717, 1.165) is 56.5 Å². The molecule has 0 saturated carbocycles. The number of hydrogen-bond donors (Lipinski definition) is 1. The summed E-state index contributed by atoms with van der Waals surface area (Å²) in [4.78, 5) is 4.51. The number of nitrogens with zero attached hydrogens (tertiary/aromatic N) is 2. The van der Waals surface area contributed by atoms with Gasteiger partial charge in [-0.1, -0.05) is 25.8 Å². The highest BCUT2D eigenvalue weighted by Crippen LogP contribution is 2.21. The van der Waals surface area contributed by atoms with Gasteiger partial charge in [-0.05, 0) is 37.9 Å². The molecule has 0 aliphatic carbocycles. The zero-order chi connectivity index (χ0) is 14.4. The third-order valence-electron chi connectivity index (χ3n) is 3.61. The van der Waals surface area contributed by atoms with Gasteiger partial charge in [0.25, 0.3) is 0 Å². The van der Waals surface area contributed by atoms with E-state index < -0.39 is 0 Å². The number of hydrogen-bond acceptors (Lipinski definition) is 2. The van der Waals surface area contributed by atoms with Crippen molar-refractivity contribution in [2.75, 3.05) is 6.54 Å². The van der Waals surface area contributed by atoms with Gasteiger partial charge >= 0.3 is 0 Å². The number of nitrogens with two attached hydrogens (primary N) is 1. The number of imidazole rings is 1. The molecule has 1 aromatic carbocycles. The third kappa shape index (κ3) is 3.37. The van der Waals surface area contributed by atoms with E-state index in [4.69, 9.17) is 5.73 Å². The van der Waals surface area contributed by atoms with Crippen molar-refractivity contribution in [3.63, 3.8) is 0 Å². The van der Waals surface area contributed by atoms with E-state index in [1.54, 1.807) is 6.07 Å². The van der Waals surface area contributed by atoms with Gasteiger partial charge in [0.1, 0.15) is 11.3 Å². The Kier molecular flexibility index (Phi) is 5.53. The van der Waals surface area contributed by atoms with Gasteiger partial charge in [-0.2, -0.15) is 0 Å². The second-order valence-corrected chi connectivity index (χ2v) is 5.24. The second kappa shape index (κ2) is 7.39. The van der Waals surface area contributed by atoms with Crippen molar-refractivity contribution in [1.29, 1.82) is 0 Å². The number of fused-ring (bicyclic) bond motifs is 1. The number of para-hydroxylation sites is 1. The molecule has 2 N–H and O–H groups in total. The summed E-state index contributed by atoms with van der Waals surface area (Å²) < 4.78 is 16.0. The molecule has 0 aliphatic rings. The summed E-state index contributed by atoms with van der Waals surface area (Å²) in [7, 11) is 0. The first kappa shape index (κ1) is 15.0. The second-order valence-electron chi connectivity index (χ2n) is 5.24. The fourth-order valence-corrected chi connectivity index (χ4v) is 2.61. The number of unbranched alkanes of at least 4 members (excludes halogenated alkanes) is 3. The predicted molar refractivity (Wildman–Crippen MR) is 81.2 cm³/mol. The first-order valence-electron chi connectivity index (χ1n) is 7.61. The maximum absolute atomic E-state index is 13.8. The quantitative estimate of drug-likeness (QED) is 0.748. The van der Waals surface area contributed by atoms with Gasteiger partial charge in [0, 0.05) is 13.0 Å². The summed E-state index contributed by atoms with van der Waals surface area (Å²) in [6.45, 7) is 3.80. The predicted octanol–water partition coefficient (Wildman–Crippen LogP) is 3.65. The Balaban J connectivity index is 2.14. The van der Waals surface area contributed by atoms with Crippen molar-refractivity contribution >= 4 is 11.0 Å². The first-order valence-corrected chi connectivity index (χ1v) is 7.61. The SMILES string of the molecule is CCCn1c(CCCCCCN)nc2c(F)cccc21. The lowest BCUT2D eigenvalue weighted by Crippen LogP contribution is -2.04. The summed E-state index contributed by atoms with van der Waals surface area (Å²) in [5.74, 6) is 0.793. The lowest BCUT2D eigenvalue weighted by atomic mass is 10.1. The van der Waals surface area contributed by atoms with Crippen molar-refractivity contribution in [2.24, 2.45) is 5.73 Å². The van der Waals surface area contributed by atoms with Gasteiger partial charge in [-0.3, -0.25) is 0 Å². The molecule has 20 heavy (non-hydrogen) atoms.